The summed E-state index contributed by atoms with van der Waals surface area (Å²) in [5, 5.41) is 27.8. The van der Waals surface area contributed by atoms with Gasteiger partial charge in [0.2, 0.25) is 11.8 Å². The lowest BCUT2D eigenvalue weighted by atomic mass is 9.46. The molecule has 3 saturated carbocycles. The molecule has 4 aliphatic carbocycles. The van der Waals surface area contributed by atoms with Crippen molar-refractivity contribution in [2.75, 3.05) is 23.8 Å². The fourth-order valence-electron chi connectivity index (χ4n) is 11.5. The summed E-state index contributed by atoms with van der Waals surface area (Å²) in [7, 11) is 0. The van der Waals surface area contributed by atoms with E-state index < -0.39 is 70.7 Å². The molecule has 63 heavy (non-hydrogen) atoms. The molecule has 1 saturated heterocycles. The molecule has 0 spiro atoms. The maximum Gasteiger partial charge on any atom is 0.306 e. The van der Waals surface area contributed by atoms with Crippen molar-refractivity contribution in [3.8, 4) is 0 Å². The van der Waals surface area contributed by atoms with Gasteiger partial charge >= 0.3 is 5.97 Å². The van der Waals surface area contributed by atoms with Gasteiger partial charge in [0.1, 0.15) is 12.2 Å². The van der Waals surface area contributed by atoms with Crippen LogP contribution in [0.15, 0.2) is 72.3 Å². The Morgan fingerprint density at radius 2 is 1.79 bits per heavy atom. The number of carbonyl (C=O) groups excluding carboxylic acids is 6. The average molecular weight is 932 g/mol. The number of esters is 1. The summed E-state index contributed by atoms with van der Waals surface area (Å²) in [6, 6.07) is 15.0. The van der Waals surface area contributed by atoms with E-state index in [1.807, 2.05) is 55.5 Å². The van der Waals surface area contributed by atoms with Gasteiger partial charge < -0.3 is 35.1 Å². The minimum absolute atomic E-state index is 0.0106. The molecule has 1 aliphatic heterocycles. The SMILES string of the molecule is CC(C)(C)OC(=O)CC[C@H](CC(=O)CNC(=O)CBr)C(=O)Nc1cccc(Cc2ccc([C@@H]3O[C@@H]4C[C@H]5[C@@H]6CCC7=CC(=O)C=C[C@]7(C)[C@H]6[C@@H](O)C[C@]5(C)[C@]4(C(=O)CO)O3)cc2)c1. The number of alkyl halides is 1. The summed E-state index contributed by atoms with van der Waals surface area (Å²) < 4.78 is 18.8. The van der Waals surface area contributed by atoms with Crippen LogP contribution in [0, 0.1) is 34.5 Å². The van der Waals surface area contributed by atoms with Gasteiger partial charge in [-0.2, -0.15) is 0 Å². The molecule has 2 aromatic rings. The Hall–Kier alpha value is -4.34. The lowest BCUT2D eigenvalue weighted by Gasteiger charge is -2.59. The van der Waals surface area contributed by atoms with Gasteiger partial charge in [-0.05, 0) is 107 Å². The van der Waals surface area contributed by atoms with Crippen molar-refractivity contribution < 1.29 is 53.2 Å². The highest BCUT2D eigenvalue weighted by Crippen LogP contribution is 2.70. The van der Waals surface area contributed by atoms with Gasteiger partial charge in [-0.3, -0.25) is 28.8 Å². The van der Waals surface area contributed by atoms with E-state index in [0.29, 0.717) is 30.5 Å². The van der Waals surface area contributed by atoms with Crippen LogP contribution in [0.3, 0.4) is 0 Å². The normalized spacial score (nSPS) is 31.1. The van der Waals surface area contributed by atoms with Gasteiger partial charge in [0.25, 0.3) is 0 Å². The van der Waals surface area contributed by atoms with Gasteiger partial charge in [0.05, 0.1) is 24.1 Å². The van der Waals surface area contributed by atoms with E-state index in [4.69, 9.17) is 14.2 Å². The summed E-state index contributed by atoms with van der Waals surface area (Å²) in [4.78, 5) is 76.8. The number of ether oxygens (including phenoxy) is 3. The average Bonchev–Trinajstić information content (AvgIpc) is 3.73. The number of rotatable bonds is 15. The van der Waals surface area contributed by atoms with E-state index in [1.54, 1.807) is 39.0 Å². The number of fused-ring (bicyclic) bond motifs is 7. The van der Waals surface area contributed by atoms with Gasteiger partial charge in [-0.1, -0.05) is 77.8 Å². The van der Waals surface area contributed by atoms with E-state index in [9.17, 15) is 39.0 Å². The first kappa shape index (κ1) is 46.6. The molecule has 1 heterocycles. The largest absolute Gasteiger partial charge is 0.460 e. The number of halogens is 1. The van der Waals surface area contributed by atoms with Crippen molar-refractivity contribution in [2.45, 2.75) is 116 Å². The minimum Gasteiger partial charge on any atom is -0.460 e. The van der Waals surface area contributed by atoms with Crippen LogP contribution in [0.25, 0.3) is 0 Å². The predicted octanol–water partition coefficient (Wildman–Crippen LogP) is 6.03. The van der Waals surface area contributed by atoms with Crippen molar-refractivity contribution in [1.29, 1.82) is 0 Å². The van der Waals surface area contributed by atoms with Crippen LogP contribution < -0.4 is 10.6 Å². The molecule has 4 fully saturated rings. The summed E-state index contributed by atoms with van der Waals surface area (Å²) >= 11 is 3.05. The van der Waals surface area contributed by atoms with Crippen molar-refractivity contribution >= 4 is 56.8 Å². The smallest absolute Gasteiger partial charge is 0.306 e. The Morgan fingerprint density at radius 3 is 2.49 bits per heavy atom. The molecule has 2 aromatic carbocycles. The molecule has 0 radical (unpaired) electrons. The summed E-state index contributed by atoms with van der Waals surface area (Å²) in [5.41, 5.74) is 0.714. The van der Waals surface area contributed by atoms with E-state index >= 15 is 0 Å². The first-order chi connectivity index (χ1) is 29.8. The molecule has 7 rings (SSSR count). The topological polar surface area (TPSA) is 195 Å². The fourth-order valence-corrected chi connectivity index (χ4v) is 11.7. The monoisotopic (exact) mass is 930 g/mol. The Labute approximate surface area is 376 Å². The maximum absolute atomic E-state index is 14.0. The highest BCUT2D eigenvalue weighted by Gasteiger charge is 2.76. The summed E-state index contributed by atoms with van der Waals surface area (Å²) in [6.45, 7) is 8.44. The lowest BCUT2D eigenvalue weighted by Crippen LogP contribution is -2.63. The van der Waals surface area contributed by atoms with Crippen LogP contribution in [0.4, 0.5) is 5.69 Å². The zero-order valence-corrected chi connectivity index (χ0v) is 38.2. The van der Waals surface area contributed by atoms with Crippen LogP contribution in [-0.2, 0) is 49.4 Å². The van der Waals surface area contributed by atoms with Crippen molar-refractivity contribution in [3.63, 3.8) is 0 Å². The van der Waals surface area contributed by atoms with Gasteiger partial charge in [-0.25, -0.2) is 0 Å². The second kappa shape index (κ2) is 18.3. The van der Waals surface area contributed by atoms with Crippen molar-refractivity contribution in [1.82, 2.24) is 5.32 Å². The molecule has 0 unspecified atom stereocenters. The predicted molar refractivity (Wildman–Crippen MR) is 236 cm³/mol. The van der Waals surface area contributed by atoms with Crippen molar-refractivity contribution in [2.24, 2.45) is 34.5 Å². The zero-order valence-electron chi connectivity index (χ0n) is 36.6. The van der Waals surface area contributed by atoms with Gasteiger partial charge in [0, 0.05) is 46.8 Å². The highest BCUT2D eigenvalue weighted by molar-refractivity contribution is 9.09. The number of hydrogen-bond acceptors (Lipinski definition) is 11. The van der Waals surface area contributed by atoms with Crippen LogP contribution in [0.5, 0.6) is 0 Å². The number of allylic oxidation sites excluding steroid dienone is 4. The third kappa shape index (κ3) is 9.29. The van der Waals surface area contributed by atoms with Gasteiger partial charge in [-0.15, -0.1) is 0 Å². The molecule has 338 valence electrons. The molecule has 2 amide bonds. The van der Waals surface area contributed by atoms with Crippen molar-refractivity contribution in [3.05, 3.63) is 89.0 Å². The molecular weight excluding hydrogens is 872 g/mol. The zero-order chi connectivity index (χ0) is 45.5. The number of carbonyl (C=O) groups is 6. The fraction of sp³-hybridized carbons (Fsp3) is 0.551. The number of aliphatic hydroxyl groups is 2. The maximum atomic E-state index is 14.0. The molecule has 0 aromatic heterocycles. The molecule has 14 heteroatoms. The molecule has 10 atom stereocenters. The Bertz CT molecular complexity index is 2200. The first-order valence-corrected chi connectivity index (χ1v) is 23.1. The second-order valence-corrected chi connectivity index (χ2v) is 20.0. The van der Waals surface area contributed by atoms with Crippen LogP contribution in [-0.4, -0.2) is 87.2 Å². The third-order valence-electron chi connectivity index (χ3n) is 14.2. The van der Waals surface area contributed by atoms with Gasteiger partial charge in [0.15, 0.2) is 29.2 Å². The van der Waals surface area contributed by atoms with E-state index in [0.717, 1.165) is 29.5 Å². The third-order valence-corrected chi connectivity index (χ3v) is 14.7. The number of aliphatic hydroxyl groups excluding tert-OH is 2. The summed E-state index contributed by atoms with van der Waals surface area (Å²) in [6.07, 6.45) is 5.73. The number of anilines is 1. The van der Waals surface area contributed by atoms with Crippen LogP contribution in [0.1, 0.15) is 103 Å². The van der Waals surface area contributed by atoms with Crippen LogP contribution >= 0.6 is 15.9 Å². The number of Topliss-reactive ketones (excluding diaryl/α,β-unsaturated/α-hetero) is 2. The first-order valence-electron chi connectivity index (χ1n) is 21.9. The number of amides is 2. The lowest BCUT2D eigenvalue weighted by molar-refractivity contribution is -0.201. The Balaban J connectivity index is 1.02. The molecule has 13 nitrogen and oxygen atoms in total. The highest BCUT2D eigenvalue weighted by atomic mass is 79.9. The molecule has 4 N–H and O–H groups in total. The van der Waals surface area contributed by atoms with Crippen LogP contribution in [0.2, 0.25) is 0 Å². The Kier molecular flexibility index (Phi) is 13.5. The molecule has 0 bridgehead atoms. The number of benzene rings is 2. The summed E-state index contributed by atoms with van der Waals surface area (Å²) in [5.74, 6) is -3.01. The number of ketones is 3. The number of nitrogens with one attached hydrogen (secondary N) is 2. The number of hydrogen-bond donors (Lipinski definition) is 4. The quantitative estimate of drug-likeness (QED) is 0.120. The molecular formula is C49H59BrN2O11. The van der Waals surface area contributed by atoms with E-state index in [-0.39, 0.29) is 66.4 Å². The van der Waals surface area contributed by atoms with E-state index in [1.165, 1.54) is 0 Å². The van der Waals surface area contributed by atoms with E-state index in [2.05, 4.69) is 33.5 Å². The second-order valence-electron chi connectivity index (χ2n) is 19.4. The minimum atomic E-state index is -1.45. The standard InChI is InChI=1S/C49H59BrN2O11/c1-46(2,3)62-42(59)16-13-31(21-35(55)26-51-41(58)25-50)44(60)52-33-8-6-7-29(20-33)19-28-9-11-30(12-10-28)45-61-40-23-37-36-15-14-32-22-34(54)17-18-47(32,4)43(36)38(56)24-48(37,5)49(40,63-45)39(57)27-53/h6-12,17-18,20,22,31,36-38,40,43,45,53,56H,13-16,19,21,23-27H2,1-5H3,(H,51,58)(H,52,60)/t31-,36+,37+,38+,40-,43-,45-,47+,48+,49-/m1/s1. The molecule has 5 aliphatic rings. The Morgan fingerprint density at radius 1 is 1.05 bits per heavy atom.